The summed E-state index contributed by atoms with van der Waals surface area (Å²) in [5.74, 6) is -1.24. The third-order valence-electron chi connectivity index (χ3n) is 5.53. The maximum absolute atomic E-state index is 13.1. The fourth-order valence-corrected chi connectivity index (χ4v) is 3.84. The van der Waals surface area contributed by atoms with Crippen LogP contribution in [-0.4, -0.2) is 34.5 Å². The van der Waals surface area contributed by atoms with E-state index in [-0.39, 0.29) is 18.1 Å². The number of aromatic nitrogens is 1. The van der Waals surface area contributed by atoms with Crippen molar-refractivity contribution in [2.45, 2.75) is 20.4 Å². The third-order valence-corrected chi connectivity index (χ3v) is 5.53. The number of amides is 3. The molecule has 3 amide bonds. The molecule has 1 N–H and O–H groups in total. The van der Waals surface area contributed by atoms with Crippen LogP contribution < -0.4 is 5.32 Å². The summed E-state index contributed by atoms with van der Waals surface area (Å²) >= 11 is 0. The van der Waals surface area contributed by atoms with Crippen LogP contribution in [0.1, 0.15) is 32.9 Å². The molecular formula is C25H22FN3O4. The van der Waals surface area contributed by atoms with Gasteiger partial charge in [-0.2, -0.15) is 0 Å². The molecule has 1 saturated heterocycles. The number of rotatable bonds is 5. The average Bonchev–Trinajstić information content (AvgIpc) is 3.23. The molecule has 0 saturated carbocycles. The quantitative estimate of drug-likeness (QED) is 0.363. The lowest BCUT2D eigenvalue weighted by atomic mass is 10.2. The molecule has 2 aromatic carbocycles. The van der Waals surface area contributed by atoms with E-state index in [1.807, 2.05) is 36.6 Å². The first-order valence-electron chi connectivity index (χ1n) is 10.2. The molecule has 0 aliphatic carbocycles. The molecule has 0 atom stereocenters. The fraction of sp³-hybridized carbons (Fsp3) is 0.160. The van der Waals surface area contributed by atoms with Crippen molar-refractivity contribution in [2.24, 2.45) is 0 Å². The second-order valence-electron chi connectivity index (χ2n) is 7.71. The van der Waals surface area contributed by atoms with E-state index < -0.39 is 17.9 Å². The molecule has 3 aromatic rings. The monoisotopic (exact) mass is 447 g/mol. The number of aryl methyl sites for hydroxylation is 1. The van der Waals surface area contributed by atoms with E-state index >= 15 is 0 Å². The maximum atomic E-state index is 13.1. The number of imide groups is 1. The van der Waals surface area contributed by atoms with Gasteiger partial charge in [-0.05, 0) is 73.5 Å². The number of hydrogen-bond acceptors (Lipinski definition) is 4. The second kappa shape index (κ2) is 8.74. The van der Waals surface area contributed by atoms with Crippen LogP contribution in [0.4, 0.5) is 9.18 Å². The molecule has 0 unspecified atom stereocenters. The Hall–Kier alpha value is -4.20. The summed E-state index contributed by atoms with van der Waals surface area (Å²) in [6.45, 7) is 3.89. The number of nitrogens with zero attached hydrogens (tertiary/aromatic N) is 2. The molecule has 7 nitrogen and oxygen atoms in total. The molecule has 0 spiro atoms. The van der Waals surface area contributed by atoms with Crippen LogP contribution >= 0.6 is 0 Å². The molecule has 33 heavy (non-hydrogen) atoms. The summed E-state index contributed by atoms with van der Waals surface area (Å²) in [6.07, 6.45) is 1.65. The SMILES string of the molecule is COC(=O)c1ccc(-n2c(C)cc(C=C3NC(=O)N(Cc4ccc(F)cc4)C3=O)c2C)cc1. The lowest BCUT2D eigenvalue weighted by Crippen LogP contribution is -2.30. The number of carbonyl (C=O) groups is 3. The van der Waals surface area contributed by atoms with Gasteiger partial charge in [0.15, 0.2) is 0 Å². The molecule has 168 valence electrons. The Morgan fingerprint density at radius 1 is 1.06 bits per heavy atom. The predicted octanol–water partition coefficient (Wildman–Crippen LogP) is 4.11. The Morgan fingerprint density at radius 2 is 1.73 bits per heavy atom. The van der Waals surface area contributed by atoms with E-state index in [4.69, 9.17) is 4.74 Å². The summed E-state index contributed by atoms with van der Waals surface area (Å²) in [5.41, 5.74) is 4.68. The number of ether oxygens (including phenoxy) is 1. The van der Waals surface area contributed by atoms with Gasteiger partial charge in [-0.25, -0.2) is 14.0 Å². The van der Waals surface area contributed by atoms with Crippen molar-refractivity contribution in [1.82, 2.24) is 14.8 Å². The molecule has 1 aromatic heterocycles. The van der Waals surface area contributed by atoms with Gasteiger partial charge in [-0.15, -0.1) is 0 Å². The summed E-state index contributed by atoms with van der Waals surface area (Å²) in [7, 11) is 1.33. The van der Waals surface area contributed by atoms with Crippen LogP contribution in [0.15, 0.2) is 60.3 Å². The van der Waals surface area contributed by atoms with E-state index in [1.54, 1.807) is 18.2 Å². The Morgan fingerprint density at radius 3 is 2.36 bits per heavy atom. The zero-order valence-electron chi connectivity index (χ0n) is 18.4. The molecule has 1 aliphatic rings. The van der Waals surface area contributed by atoms with Gasteiger partial charge in [0.1, 0.15) is 11.5 Å². The molecule has 0 radical (unpaired) electrons. The van der Waals surface area contributed by atoms with Crippen molar-refractivity contribution >= 4 is 24.0 Å². The first kappa shape index (κ1) is 22.0. The van der Waals surface area contributed by atoms with Crippen LogP contribution in [0.5, 0.6) is 0 Å². The lowest BCUT2D eigenvalue weighted by molar-refractivity contribution is -0.123. The molecule has 0 bridgehead atoms. The zero-order chi connectivity index (χ0) is 23.7. The van der Waals surface area contributed by atoms with Crippen LogP contribution in [-0.2, 0) is 16.1 Å². The highest BCUT2D eigenvalue weighted by Gasteiger charge is 2.33. The van der Waals surface area contributed by atoms with Gasteiger partial charge in [0.2, 0.25) is 0 Å². The average molecular weight is 447 g/mol. The molecule has 1 aliphatic heterocycles. The first-order chi connectivity index (χ1) is 15.8. The summed E-state index contributed by atoms with van der Waals surface area (Å²) in [6, 6.07) is 14.0. The molecular weight excluding hydrogens is 425 g/mol. The summed E-state index contributed by atoms with van der Waals surface area (Å²) in [5, 5.41) is 2.62. The van der Waals surface area contributed by atoms with Crippen LogP contribution in [0.25, 0.3) is 11.8 Å². The molecule has 8 heteroatoms. The van der Waals surface area contributed by atoms with E-state index in [9.17, 15) is 18.8 Å². The lowest BCUT2D eigenvalue weighted by Gasteiger charge is -2.11. The Balaban J connectivity index is 1.59. The number of nitrogens with one attached hydrogen (secondary N) is 1. The van der Waals surface area contributed by atoms with Gasteiger partial charge in [0.05, 0.1) is 19.2 Å². The van der Waals surface area contributed by atoms with Crippen LogP contribution in [0.3, 0.4) is 0 Å². The fourth-order valence-electron chi connectivity index (χ4n) is 3.84. The van der Waals surface area contributed by atoms with Gasteiger partial charge in [-0.3, -0.25) is 9.69 Å². The number of benzene rings is 2. The van der Waals surface area contributed by atoms with Crippen LogP contribution in [0, 0.1) is 19.7 Å². The summed E-state index contributed by atoms with van der Waals surface area (Å²) in [4.78, 5) is 38.0. The number of halogens is 1. The van der Waals surface area contributed by atoms with Gasteiger partial charge in [0, 0.05) is 17.1 Å². The van der Waals surface area contributed by atoms with Gasteiger partial charge >= 0.3 is 12.0 Å². The van der Waals surface area contributed by atoms with Gasteiger partial charge < -0.3 is 14.6 Å². The molecule has 4 rings (SSSR count). The largest absolute Gasteiger partial charge is 0.465 e. The van der Waals surface area contributed by atoms with Gasteiger partial charge in [-0.1, -0.05) is 12.1 Å². The normalized spacial score (nSPS) is 14.7. The Labute approximate surface area is 190 Å². The van der Waals surface area contributed by atoms with Gasteiger partial charge in [0.25, 0.3) is 5.91 Å². The maximum Gasteiger partial charge on any atom is 0.337 e. The number of carbonyl (C=O) groups excluding carboxylic acids is 3. The van der Waals surface area contributed by atoms with E-state index in [0.717, 1.165) is 27.5 Å². The highest BCUT2D eigenvalue weighted by Crippen LogP contribution is 2.25. The number of methoxy groups -OCH3 is 1. The topological polar surface area (TPSA) is 80.6 Å². The zero-order valence-corrected chi connectivity index (χ0v) is 18.4. The molecule has 2 heterocycles. The third kappa shape index (κ3) is 4.27. The summed E-state index contributed by atoms with van der Waals surface area (Å²) < 4.78 is 19.9. The standard InChI is InChI=1S/C25H22FN3O4/c1-15-12-19(16(2)29(15)21-10-6-18(7-11-21)24(31)33-3)13-22-23(30)28(25(32)27-22)14-17-4-8-20(26)9-5-17/h4-13H,14H2,1-3H3,(H,27,32). The minimum atomic E-state index is -0.525. The highest BCUT2D eigenvalue weighted by molar-refractivity contribution is 6.14. The van der Waals surface area contributed by atoms with E-state index in [1.165, 1.54) is 31.4 Å². The van der Waals surface area contributed by atoms with Crippen LogP contribution in [0.2, 0.25) is 0 Å². The highest BCUT2D eigenvalue weighted by atomic mass is 19.1. The van der Waals surface area contributed by atoms with Crippen molar-refractivity contribution in [3.8, 4) is 5.69 Å². The van der Waals surface area contributed by atoms with Crippen molar-refractivity contribution in [3.63, 3.8) is 0 Å². The van der Waals surface area contributed by atoms with E-state index in [2.05, 4.69) is 5.32 Å². The minimum absolute atomic E-state index is 0.0495. The second-order valence-corrected chi connectivity index (χ2v) is 7.71. The number of esters is 1. The van der Waals surface area contributed by atoms with Crippen molar-refractivity contribution < 1.29 is 23.5 Å². The predicted molar refractivity (Wildman–Crippen MR) is 120 cm³/mol. The van der Waals surface area contributed by atoms with Crippen molar-refractivity contribution in [1.29, 1.82) is 0 Å². The Kier molecular flexibility index (Phi) is 5.83. The minimum Gasteiger partial charge on any atom is -0.465 e. The first-order valence-corrected chi connectivity index (χ1v) is 10.2. The van der Waals surface area contributed by atoms with Crippen molar-refractivity contribution in [2.75, 3.05) is 7.11 Å². The number of urea groups is 1. The smallest absolute Gasteiger partial charge is 0.337 e. The van der Waals surface area contributed by atoms with E-state index in [0.29, 0.717) is 11.1 Å². The van der Waals surface area contributed by atoms with Crippen molar-refractivity contribution in [3.05, 3.63) is 94.2 Å². The Bertz CT molecular complexity index is 1270. The number of hydrogen-bond donors (Lipinski definition) is 1. The molecule has 1 fully saturated rings.